The van der Waals surface area contributed by atoms with Gasteiger partial charge in [-0.15, -0.1) is 11.3 Å². The Hall–Kier alpha value is -2.52. The molecule has 0 fully saturated rings. The highest BCUT2D eigenvalue weighted by atomic mass is 32.2. The smallest absolute Gasteiger partial charge is 0.284 e. The number of hydrogen-bond acceptors (Lipinski definition) is 7. The molecular formula is C19H19N3O4S2. The predicted molar refractivity (Wildman–Crippen MR) is 111 cm³/mol. The molecular weight excluding hydrogens is 398 g/mol. The summed E-state index contributed by atoms with van der Waals surface area (Å²) in [5.41, 5.74) is 0.860. The van der Waals surface area contributed by atoms with E-state index in [1.54, 1.807) is 10.6 Å². The van der Waals surface area contributed by atoms with Crippen molar-refractivity contribution >= 4 is 44.8 Å². The van der Waals surface area contributed by atoms with Crippen LogP contribution >= 0.6 is 23.1 Å². The molecule has 2 aromatic heterocycles. The van der Waals surface area contributed by atoms with Gasteiger partial charge in [-0.2, -0.15) is 0 Å². The molecule has 0 atom stereocenters. The second-order valence-corrected chi connectivity index (χ2v) is 8.94. The summed E-state index contributed by atoms with van der Waals surface area (Å²) in [7, 11) is 0. The van der Waals surface area contributed by atoms with Crippen molar-refractivity contribution in [1.29, 1.82) is 0 Å². The van der Waals surface area contributed by atoms with Crippen LogP contribution in [0.2, 0.25) is 0 Å². The molecule has 1 aromatic carbocycles. The van der Waals surface area contributed by atoms with Gasteiger partial charge < -0.3 is 0 Å². The van der Waals surface area contributed by atoms with Crippen molar-refractivity contribution in [1.82, 2.24) is 9.55 Å². The summed E-state index contributed by atoms with van der Waals surface area (Å²) in [5, 5.41) is 12.5. The van der Waals surface area contributed by atoms with Crippen molar-refractivity contribution in [2.75, 3.05) is 0 Å². The van der Waals surface area contributed by atoms with Crippen molar-refractivity contribution in [3.8, 4) is 0 Å². The molecule has 3 aromatic rings. The minimum atomic E-state index is -0.523. The minimum absolute atomic E-state index is 0.146. The van der Waals surface area contributed by atoms with E-state index in [0.717, 1.165) is 22.2 Å². The van der Waals surface area contributed by atoms with Crippen LogP contribution in [0.1, 0.15) is 47.6 Å². The van der Waals surface area contributed by atoms with Crippen molar-refractivity contribution in [2.24, 2.45) is 0 Å². The Kier molecular flexibility index (Phi) is 5.40. The number of aromatic nitrogens is 2. The highest BCUT2D eigenvalue weighted by Gasteiger charge is 2.23. The first-order chi connectivity index (χ1) is 13.1. The van der Waals surface area contributed by atoms with E-state index in [9.17, 15) is 19.7 Å². The van der Waals surface area contributed by atoms with Gasteiger partial charge >= 0.3 is 0 Å². The zero-order valence-corrected chi connectivity index (χ0v) is 17.7. The van der Waals surface area contributed by atoms with Gasteiger partial charge in [0.05, 0.1) is 15.2 Å². The standard InChI is InChI=1S/C19H19N3O4S2/c1-9(2)21-18(24)16-10(3)12(5)27-17(16)20-19(21)28-15-7-6-13(11(4)23)8-14(15)22(25)26/h6-9H,1-5H3. The average molecular weight is 418 g/mol. The van der Waals surface area contributed by atoms with Gasteiger partial charge in [0.25, 0.3) is 11.2 Å². The van der Waals surface area contributed by atoms with E-state index in [4.69, 9.17) is 0 Å². The third-order valence-corrected chi connectivity index (χ3v) is 6.62. The first-order valence-electron chi connectivity index (χ1n) is 8.61. The lowest BCUT2D eigenvalue weighted by molar-refractivity contribution is -0.387. The monoisotopic (exact) mass is 417 g/mol. The number of rotatable bonds is 5. The number of nitrogens with zero attached hydrogens (tertiary/aromatic N) is 3. The van der Waals surface area contributed by atoms with Gasteiger partial charge in [0.2, 0.25) is 0 Å². The largest absolute Gasteiger partial charge is 0.295 e. The molecule has 0 N–H and O–H groups in total. The highest BCUT2D eigenvalue weighted by Crippen LogP contribution is 2.37. The molecule has 2 heterocycles. The van der Waals surface area contributed by atoms with Crippen LogP contribution < -0.4 is 5.56 Å². The van der Waals surface area contributed by atoms with Crippen molar-refractivity contribution < 1.29 is 9.72 Å². The van der Waals surface area contributed by atoms with Gasteiger partial charge in [-0.25, -0.2) is 4.98 Å². The van der Waals surface area contributed by atoms with Gasteiger partial charge in [-0.3, -0.25) is 24.3 Å². The van der Waals surface area contributed by atoms with E-state index in [0.29, 0.717) is 20.3 Å². The summed E-state index contributed by atoms with van der Waals surface area (Å²) < 4.78 is 1.56. The van der Waals surface area contributed by atoms with Crippen molar-refractivity contribution in [3.05, 3.63) is 54.7 Å². The van der Waals surface area contributed by atoms with E-state index in [2.05, 4.69) is 4.98 Å². The maximum absolute atomic E-state index is 13.1. The number of carbonyl (C=O) groups is 1. The molecule has 0 aliphatic carbocycles. The van der Waals surface area contributed by atoms with Gasteiger partial charge in [-0.05, 0) is 64.1 Å². The van der Waals surface area contributed by atoms with Crippen LogP contribution in [0.4, 0.5) is 5.69 Å². The van der Waals surface area contributed by atoms with E-state index in [1.807, 2.05) is 27.7 Å². The zero-order valence-electron chi connectivity index (χ0n) is 16.1. The Morgan fingerprint density at radius 3 is 2.57 bits per heavy atom. The molecule has 0 aliphatic rings. The summed E-state index contributed by atoms with van der Waals surface area (Å²) in [6.45, 7) is 8.96. The summed E-state index contributed by atoms with van der Waals surface area (Å²) in [5.74, 6) is -0.247. The number of aryl methyl sites for hydroxylation is 2. The topological polar surface area (TPSA) is 95.1 Å². The number of fused-ring (bicyclic) bond motifs is 1. The summed E-state index contributed by atoms with van der Waals surface area (Å²) in [6.07, 6.45) is 0. The molecule has 0 amide bonds. The Morgan fingerprint density at radius 2 is 2.00 bits per heavy atom. The number of nitro groups is 1. The molecule has 7 nitrogen and oxygen atoms in total. The maximum Gasteiger partial charge on any atom is 0.284 e. The minimum Gasteiger partial charge on any atom is -0.295 e. The lowest BCUT2D eigenvalue weighted by Gasteiger charge is -2.15. The SMILES string of the molecule is CC(=O)c1ccc(Sc2nc3sc(C)c(C)c3c(=O)n2C(C)C)c([N+](=O)[O-])c1. The number of thiophene rings is 1. The molecule has 0 bridgehead atoms. The Morgan fingerprint density at radius 1 is 1.32 bits per heavy atom. The maximum atomic E-state index is 13.1. The van der Waals surface area contributed by atoms with E-state index < -0.39 is 4.92 Å². The van der Waals surface area contributed by atoms with Crippen LogP contribution in [-0.2, 0) is 0 Å². The molecule has 28 heavy (non-hydrogen) atoms. The summed E-state index contributed by atoms with van der Waals surface area (Å²) >= 11 is 2.51. The first kappa shape index (κ1) is 20.2. The van der Waals surface area contributed by atoms with Crippen LogP contribution in [0.25, 0.3) is 10.2 Å². The Balaban J connectivity index is 2.23. The summed E-state index contributed by atoms with van der Waals surface area (Å²) in [6, 6.07) is 4.18. The van der Waals surface area contributed by atoms with Crippen LogP contribution in [0.3, 0.4) is 0 Å². The number of carbonyl (C=O) groups excluding carboxylic acids is 1. The second kappa shape index (κ2) is 7.48. The highest BCUT2D eigenvalue weighted by molar-refractivity contribution is 7.99. The van der Waals surface area contributed by atoms with Gasteiger partial charge in [0.15, 0.2) is 10.9 Å². The molecule has 0 unspecified atom stereocenters. The quantitative estimate of drug-likeness (QED) is 0.253. The molecule has 3 rings (SSSR count). The second-order valence-electron chi connectivity index (χ2n) is 6.72. The first-order valence-corrected chi connectivity index (χ1v) is 10.2. The zero-order chi connectivity index (χ0) is 20.7. The molecule has 0 saturated heterocycles. The third kappa shape index (κ3) is 3.47. The van der Waals surface area contributed by atoms with Crippen molar-refractivity contribution in [2.45, 2.75) is 50.7 Å². The average Bonchev–Trinajstić information content (AvgIpc) is 2.88. The molecule has 9 heteroatoms. The lowest BCUT2D eigenvalue weighted by Crippen LogP contribution is -2.24. The normalized spacial score (nSPS) is 11.4. The van der Waals surface area contributed by atoms with E-state index in [-0.39, 0.29) is 28.6 Å². The molecule has 0 spiro atoms. The van der Waals surface area contributed by atoms with Crippen LogP contribution in [0.5, 0.6) is 0 Å². The van der Waals surface area contributed by atoms with E-state index >= 15 is 0 Å². The third-order valence-electron chi connectivity index (χ3n) is 4.48. The molecule has 0 radical (unpaired) electrons. The van der Waals surface area contributed by atoms with Crippen LogP contribution in [-0.4, -0.2) is 20.3 Å². The fourth-order valence-corrected chi connectivity index (χ4v) is 5.06. The van der Waals surface area contributed by atoms with Gasteiger partial charge in [-0.1, -0.05) is 0 Å². The summed E-state index contributed by atoms with van der Waals surface area (Å²) in [4.78, 5) is 42.3. The number of ketones is 1. The Labute approximate surface area is 169 Å². The van der Waals surface area contributed by atoms with Gasteiger partial charge in [0.1, 0.15) is 4.83 Å². The van der Waals surface area contributed by atoms with Crippen LogP contribution in [0.15, 0.2) is 33.0 Å². The van der Waals surface area contributed by atoms with Gasteiger partial charge in [0, 0.05) is 22.5 Å². The molecule has 146 valence electrons. The Bertz CT molecular complexity index is 1180. The van der Waals surface area contributed by atoms with Crippen LogP contribution in [0, 0.1) is 24.0 Å². The number of benzene rings is 1. The predicted octanol–water partition coefficient (Wildman–Crippen LogP) is 4.92. The number of hydrogen-bond donors (Lipinski definition) is 0. The van der Waals surface area contributed by atoms with E-state index in [1.165, 1.54) is 30.4 Å². The molecule has 0 saturated carbocycles. The van der Waals surface area contributed by atoms with Crippen molar-refractivity contribution in [3.63, 3.8) is 0 Å². The number of nitro benzene ring substituents is 1. The lowest BCUT2D eigenvalue weighted by atomic mass is 10.1. The number of Topliss-reactive ketones (excluding diaryl/α,β-unsaturated/α-hetero) is 1. The molecule has 0 aliphatic heterocycles. The fourth-order valence-electron chi connectivity index (χ4n) is 2.88. The fraction of sp³-hybridized carbons (Fsp3) is 0.316.